The van der Waals surface area contributed by atoms with E-state index in [9.17, 15) is 4.79 Å². The Kier molecular flexibility index (Phi) is 4.94. The first-order chi connectivity index (χ1) is 15.4. The standard InChI is InChI=1S/C24H22N4O3S/c1-12-14(3)32-24-20(12)21(25)27-22(28-24)15-4-6-16(7-5-15)23(29)26-13(2)17-8-9-18-19(10-17)31-11-30-18/h4-10,13H,11H2,1-3H3,(H,26,29)(H2,25,27,28). The highest BCUT2D eigenvalue weighted by molar-refractivity contribution is 7.18. The normalized spacial score (nSPS) is 13.3. The molecular formula is C24H22N4O3S. The molecule has 7 nitrogen and oxygen atoms in total. The van der Waals surface area contributed by atoms with Gasteiger partial charge in [0.05, 0.1) is 11.4 Å². The van der Waals surface area contributed by atoms with Crippen LogP contribution in [0.1, 0.15) is 39.3 Å². The van der Waals surface area contributed by atoms with E-state index in [1.807, 2.05) is 44.2 Å². The summed E-state index contributed by atoms with van der Waals surface area (Å²) in [6.07, 6.45) is 0. The van der Waals surface area contributed by atoms with Gasteiger partial charge in [0.25, 0.3) is 5.91 Å². The van der Waals surface area contributed by atoms with Gasteiger partial charge >= 0.3 is 0 Å². The van der Waals surface area contributed by atoms with E-state index in [2.05, 4.69) is 22.2 Å². The van der Waals surface area contributed by atoms with E-state index < -0.39 is 0 Å². The average Bonchev–Trinajstić information content (AvgIpc) is 3.37. The Labute approximate surface area is 189 Å². The average molecular weight is 447 g/mol. The number of aromatic nitrogens is 2. The number of anilines is 1. The van der Waals surface area contributed by atoms with Gasteiger partial charge in [-0.25, -0.2) is 9.97 Å². The van der Waals surface area contributed by atoms with Crippen molar-refractivity contribution >= 4 is 33.3 Å². The van der Waals surface area contributed by atoms with Crippen LogP contribution in [0.25, 0.3) is 21.6 Å². The van der Waals surface area contributed by atoms with Crippen LogP contribution in [0.5, 0.6) is 11.5 Å². The number of ether oxygens (including phenoxy) is 2. The quantitative estimate of drug-likeness (QED) is 0.468. The minimum Gasteiger partial charge on any atom is -0.454 e. The van der Waals surface area contributed by atoms with Gasteiger partial charge in [-0.3, -0.25) is 4.79 Å². The van der Waals surface area contributed by atoms with Crippen molar-refractivity contribution in [3.8, 4) is 22.9 Å². The molecule has 0 spiro atoms. The van der Waals surface area contributed by atoms with Gasteiger partial charge in [-0.2, -0.15) is 0 Å². The number of nitrogens with one attached hydrogen (secondary N) is 1. The molecule has 1 amide bonds. The first kappa shape index (κ1) is 20.3. The van der Waals surface area contributed by atoms with E-state index in [0.717, 1.165) is 32.7 Å². The van der Waals surface area contributed by atoms with Crippen LogP contribution >= 0.6 is 11.3 Å². The molecule has 1 aliphatic rings. The Bertz CT molecular complexity index is 1350. The summed E-state index contributed by atoms with van der Waals surface area (Å²) in [5.74, 6) is 2.28. The molecule has 4 aromatic rings. The molecule has 32 heavy (non-hydrogen) atoms. The summed E-state index contributed by atoms with van der Waals surface area (Å²) in [7, 11) is 0. The summed E-state index contributed by atoms with van der Waals surface area (Å²) >= 11 is 1.61. The van der Waals surface area contributed by atoms with Crippen molar-refractivity contribution in [2.24, 2.45) is 0 Å². The molecule has 0 radical (unpaired) electrons. The third-order valence-corrected chi connectivity index (χ3v) is 6.81. The summed E-state index contributed by atoms with van der Waals surface area (Å²) < 4.78 is 10.8. The fourth-order valence-corrected chi connectivity index (χ4v) is 4.76. The monoisotopic (exact) mass is 446 g/mol. The summed E-state index contributed by atoms with van der Waals surface area (Å²) in [5.41, 5.74) is 9.63. The zero-order valence-corrected chi connectivity index (χ0v) is 18.7. The maximum absolute atomic E-state index is 12.8. The van der Waals surface area contributed by atoms with Crippen LogP contribution in [0.2, 0.25) is 0 Å². The Morgan fingerprint density at radius 3 is 2.62 bits per heavy atom. The topological polar surface area (TPSA) is 99.4 Å². The number of carbonyl (C=O) groups excluding carboxylic acids is 1. The van der Waals surface area contributed by atoms with Gasteiger partial charge in [0.2, 0.25) is 6.79 Å². The lowest BCUT2D eigenvalue weighted by Gasteiger charge is -2.15. The number of carbonyl (C=O) groups is 1. The number of nitrogens with two attached hydrogens (primary N) is 1. The summed E-state index contributed by atoms with van der Waals surface area (Å²) in [6, 6.07) is 12.7. The lowest BCUT2D eigenvalue weighted by atomic mass is 10.1. The second-order valence-electron chi connectivity index (χ2n) is 7.78. The highest BCUT2D eigenvalue weighted by atomic mass is 32.1. The number of hydrogen-bond donors (Lipinski definition) is 2. The zero-order chi connectivity index (χ0) is 22.4. The van der Waals surface area contributed by atoms with E-state index in [-0.39, 0.29) is 18.7 Å². The van der Waals surface area contributed by atoms with Gasteiger partial charge in [-0.1, -0.05) is 18.2 Å². The maximum atomic E-state index is 12.8. The molecule has 1 aliphatic heterocycles. The van der Waals surface area contributed by atoms with Gasteiger partial charge in [-0.05, 0) is 56.2 Å². The van der Waals surface area contributed by atoms with Crippen LogP contribution in [-0.2, 0) is 0 Å². The van der Waals surface area contributed by atoms with Crippen LogP contribution in [0, 0.1) is 13.8 Å². The third kappa shape index (κ3) is 3.52. The molecule has 8 heteroatoms. The molecule has 0 fully saturated rings. The number of nitrogen functional groups attached to an aromatic ring is 1. The molecule has 3 N–H and O–H groups in total. The van der Waals surface area contributed by atoms with E-state index in [0.29, 0.717) is 23.0 Å². The van der Waals surface area contributed by atoms with Crippen LogP contribution in [0.15, 0.2) is 42.5 Å². The Hall–Kier alpha value is -3.65. The molecule has 1 atom stereocenters. The van der Waals surface area contributed by atoms with Crippen LogP contribution in [0.3, 0.4) is 0 Å². The van der Waals surface area contributed by atoms with Crippen molar-refractivity contribution in [1.29, 1.82) is 0 Å². The predicted octanol–water partition coefficient (Wildman–Crippen LogP) is 4.78. The third-order valence-electron chi connectivity index (χ3n) is 5.71. The first-order valence-electron chi connectivity index (χ1n) is 10.2. The molecule has 0 aliphatic carbocycles. The van der Waals surface area contributed by atoms with Crippen molar-refractivity contribution in [3.05, 3.63) is 64.0 Å². The van der Waals surface area contributed by atoms with Crippen molar-refractivity contribution in [1.82, 2.24) is 15.3 Å². The minimum atomic E-state index is -0.187. The van der Waals surface area contributed by atoms with Crippen LogP contribution in [-0.4, -0.2) is 22.7 Å². The molecule has 1 unspecified atom stereocenters. The van der Waals surface area contributed by atoms with Crippen LogP contribution < -0.4 is 20.5 Å². The van der Waals surface area contributed by atoms with E-state index >= 15 is 0 Å². The van der Waals surface area contributed by atoms with Crippen molar-refractivity contribution in [2.75, 3.05) is 12.5 Å². The predicted molar refractivity (Wildman–Crippen MR) is 125 cm³/mol. The number of benzene rings is 2. The first-order valence-corrected chi connectivity index (χ1v) is 11.1. The molecule has 2 aromatic heterocycles. The number of thiophene rings is 1. The highest BCUT2D eigenvalue weighted by Crippen LogP contribution is 2.35. The van der Waals surface area contributed by atoms with Gasteiger partial charge < -0.3 is 20.5 Å². The van der Waals surface area contributed by atoms with Gasteiger partial charge in [0.1, 0.15) is 10.6 Å². The van der Waals surface area contributed by atoms with E-state index in [1.165, 1.54) is 4.88 Å². The van der Waals surface area contributed by atoms with Gasteiger partial charge in [0.15, 0.2) is 17.3 Å². The number of amides is 1. The number of aryl methyl sites for hydroxylation is 2. The summed E-state index contributed by atoms with van der Waals surface area (Å²) in [6.45, 7) is 6.24. The van der Waals surface area contributed by atoms with Crippen molar-refractivity contribution in [3.63, 3.8) is 0 Å². The molecular weight excluding hydrogens is 424 g/mol. The fraction of sp³-hybridized carbons (Fsp3) is 0.208. The molecule has 0 saturated heterocycles. The lowest BCUT2D eigenvalue weighted by Crippen LogP contribution is -2.26. The molecule has 162 valence electrons. The molecule has 3 heterocycles. The Balaban J connectivity index is 1.34. The number of rotatable bonds is 4. The number of nitrogens with zero attached hydrogens (tertiary/aromatic N) is 2. The SMILES string of the molecule is Cc1sc2nc(-c3ccc(C(=O)NC(C)c4ccc5c(c4)OCO5)cc3)nc(N)c2c1C. The van der Waals surface area contributed by atoms with E-state index in [1.54, 1.807) is 23.5 Å². The second kappa shape index (κ2) is 7.80. The lowest BCUT2D eigenvalue weighted by molar-refractivity contribution is 0.0940. The van der Waals surface area contributed by atoms with Crippen molar-refractivity contribution < 1.29 is 14.3 Å². The molecule has 0 bridgehead atoms. The maximum Gasteiger partial charge on any atom is 0.251 e. The summed E-state index contributed by atoms with van der Waals surface area (Å²) in [5, 5.41) is 3.94. The molecule has 2 aromatic carbocycles. The number of fused-ring (bicyclic) bond motifs is 2. The van der Waals surface area contributed by atoms with Crippen molar-refractivity contribution in [2.45, 2.75) is 26.8 Å². The van der Waals surface area contributed by atoms with E-state index in [4.69, 9.17) is 15.2 Å². The zero-order valence-electron chi connectivity index (χ0n) is 17.9. The van der Waals surface area contributed by atoms with Crippen LogP contribution in [0.4, 0.5) is 5.82 Å². The van der Waals surface area contributed by atoms with Gasteiger partial charge in [-0.15, -0.1) is 11.3 Å². The largest absolute Gasteiger partial charge is 0.454 e. The molecule has 5 rings (SSSR count). The number of hydrogen-bond acceptors (Lipinski definition) is 7. The Morgan fingerprint density at radius 1 is 1.09 bits per heavy atom. The van der Waals surface area contributed by atoms with Gasteiger partial charge in [0, 0.05) is 16.0 Å². The Morgan fingerprint density at radius 2 is 1.84 bits per heavy atom. The second-order valence-corrected chi connectivity index (χ2v) is 8.98. The smallest absolute Gasteiger partial charge is 0.251 e. The highest BCUT2D eigenvalue weighted by Gasteiger charge is 2.18. The molecule has 0 saturated carbocycles. The summed E-state index contributed by atoms with van der Waals surface area (Å²) in [4.78, 5) is 24.0. The fourth-order valence-electron chi connectivity index (χ4n) is 3.73. The minimum absolute atomic E-state index is 0.165.